The Morgan fingerprint density at radius 2 is 1.12 bits per heavy atom. The molecule has 3 atom stereocenters. The zero-order valence-electron chi connectivity index (χ0n) is 29.1. The molecule has 3 amide bonds. The van der Waals surface area contributed by atoms with Crippen molar-refractivity contribution in [3.63, 3.8) is 0 Å². The molecule has 276 valence electrons. The van der Waals surface area contributed by atoms with Gasteiger partial charge in [0.15, 0.2) is 5.78 Å². The fourth-order valence-corrected chi connectivity index (χ4v) is 5.39. The summed E-state index contributed by atoms with van der Waals surface area (Å²) in [7, 11) is 0. The van der Waals surface area contributed by atoms with E-state index in [0.717, 1.165) is 50.5 Å². The Hall–Kier alpha value is -4.00. The molecule has 0 unspecified atom stereocenters. The lowest BCUT2D eigenvalue weighted by Gasteiger charge is -2.18. The summed E-state index contributed by atoms with van der Waals surface area (Å²) in [4.78, 5) is 71.4. The molecule has 8 N–H and O–H groups in total. The molecule has 0 aliphatic heterocycles. The van der Waals surface area contributed by atoms with E-state index in [0.29, 0.717) is 6.42 Å². The minimum atomic E-state index is -1.24. The minimum absolute atomic E-state index is 0.0799. The number of phenols is 1. The summed E-state index contributed by atoms with van der Waals surface area (Å²) >= 11 is 0. The van der Waals surface area contributed by atoms with Crippen molar-refractivity contribution in [1.82, 2.24) is 16.0 Å². The molecule has 0 aliphatic carbocycles. The molecular weight excluding hydrogens is 632 g/mol. The van der Waals surface area contributed by atoms with Gasteiger partial charge in [0.05, 0.1) is 18.6 Å². The predicted octanol–water partition coefficient (Wildman–Crippen LogP) is 4.13. The molecule has 1 aromatic carbocycles. The van der Waals surface area contributed by atoms with Crippen molar-refractivity contribution in [1.29, 1.82) is 0 Å². The Kier molecular flexibility index (Phi) is 22.8. The number of carboxylic acid groups (broad SMARTS) is 2. The number of amides is 3. The summed E-state index contributed by atoms with van der Waals surface area (Å²) in [6, 6.07) is 3.26. The zero-order valence-corrected chi connectivity index (χ0v) is 29.1. The molecule has 0 aliphatic rings. The van der Waals surface area contributed by atoms with Gasteiger partial charge in [-0.05, 0) is 50.3 Å². The molecule has 0 spiro atoms. The highest BCUT2D eigenvalue weighted by Gasteiger charge is 2.23. The number of aromatic hydroxyl groups is 1. The Morgan fingerprint density at radius 1 is 0.653 bits per heavy atom. The summed E-state index contributed by atoms with van der Waals surface area (Å²) in [5.74, 6) is -3.85. The highest BCUT2D eigenvalue weighted by molar-refractivity contribution is 5.91. The summed E-state index contributed by atoms with van der Waals surface area (Å²) in [5.41, 5.74) is 6.18. The highest BCUT2D eigenvalue weighted by atomic mass is 16.4. The van der Waals surface area contributed by atoms with Crippen molar-refractivity contribution >= 4 is 35.4 Å². The summed E-state index contributed by atoms with van der Waals surface area (Å²) < 4.78 is 0. The van der Waals surface area contributed by atoms with Crippen LogP contribution in [0.5, 0.6) is 5.75 Å². The number of hydrogen-bond acceptors (Lipinski definition) is 8. The molecule has 0 bridgehead atoms. The lowest BCUT2D eigenvalue weighted by atomic mass is 10.0. The van der Waals surface area contributed by atoms with Crippen LogP contribution in [0.2, 0.25) is 0 Å². The second-order valence-electron chi connectivity index (χ2n) is 12.8. The maximum atomic E-state index is 12.6. The summed E-state index contributed by atoms with van der Waals surface area (Å²) in [5, 5.41) is 35.4. The number of primary amides is 1. The highest BCUT2D eigenvalue weighted by Crippen LogP contribution is 2.14. The summed E-state index contributed by atoms with van der Waals surface area (Å²) in [6.45, 7) is 1.25. The largest absolute Gasteiger partial charge is 0.508 e. The Bertz CT molecular complexity index is 1160. The molecule has 1 rings (SSSR count). The molecule has 1 aromatic rings. The van der Waals surface area contributed by atoms with E-state index in [1.54, 1.807) is 12.1 Å². The van der Waals surface area contributed by atoms with Crippen LogP contribution in [-0.2, 0) is 35.2 Å². The van der Waals surface area contributed by atoms with Crippen molar-refractivity contribution in [2.24, 2.45) is 5.73 Å². The van der Waals surface area contributed by atoms with Crippen LogP contribution in [0.3, 0.4) is 0 Å². The van der Waals surface area contributed by atoms with Crippen molar-refractivity contribution in [2.75, 3.05) is 6.54 Å². The van der Waals surface area contributed by atoms with Crippen LogP contribution < -0.4 is 21.7 Å². The van der Waals surface area contributed by atoms with Gasteiger partial charge < -0.3 is 31.7 Å². The fourth-order valence-electron chi connectivity index (χ4n) is 5.39. The van der Waals surface area contributed by atoms with Gasteiger partial charge in [-0.3, -0.25) is 29.3 Å². The van der Waals surface area contributed by atoms with Crippen LogP contribution in [0.25, 0.3) is 0 Å². The van der Waals surface area contributed by atoms with Crippen molar-refractivity contribution in [3.05, 3.63) is 29.8 Å². The van der Waals surface area contributed by atoms with E-state index >= 15 is 0 Å². The normalized spacial score (nSPS) is 12.8. The molecule has 0 heterocycles. The van der Waals surface area contributed by atoms with Crippen LogP contribution in [0.1, 0.15) is 128 Å². The standard InChI is InChI=1S/C36H58N4O9/c1-26(31(42)25-38-30(35(37)47)24-27-18-20-28(41)21-19-27)39-33(44)23-22-29(36(48)49)40-32(43)16-14-12-10-8-6-4-2-3-5-7-9-11-13-15-17-34(45)46/h18-21,26,29-30,38,41H,2-17,22-25H2,1H3,(H2,37,47)(H,39,44)(H,40,43)(H,45,46)(H,48,49)/t26-,29-,30-/m0/s1. The van der Waals surface area contributed by atoms with Gasteiger partial charge in [-0.25, -0.2) is 4.79 Å². The van der Waals surface area contributed by atoms with Gasteiger partial charge in [-0.15, -0.1) is 0 Å². The first-order chi connectivity index (χ1) is 23.4. The van der Waals surface area contributed by atoms with Gasteiger partial charge in [0.2, 0.25) is 17.7 Å². The number of phenolic OH excluding ortho intramolecular Hbond substituents is 1. The first kappa shape index (κ1) is 43.0. The maximum Gasteiger partial charge on any atom is 0.326 e. The van der Waals surface area contributed by atoms with Crippen molar-refractivity contribution in [3.8, 4) is 5.75 Å². The molecule has 0 saturated heterocycles. The Morgan fingerprint density at radius 3 is 1.59 bits per heavy atom. The number of carbonyl (C=O) groups is 6. The van der Waals surface area contributed by atoms with Gasteiger partial charge in [0, 0.05) is 19.3 Å². The molecule has 0 saturated carbocycles. The molecule has 0 fully saturated rings. The average Bonchev–Trinajstić information content (AvgIpc) is 3.04. The third-order valence-electron chi connectivity index (χ3n) is 8.44. The van der Waals surface area contributed by atoms with Gasteiger partial charge in [0.25, 0.3) is 0 Å². The SMILES string of the molecule is C[C@H](NC(=O)CC[C@H](NC(=O)CCCCCCCCCCCCCCCCC(=O)O)C(=O)O)C(=O)CN[C@@H](Cc1ccc(O)cc1)C(N)=O. The number of nitrogens with one attached hydrogen (secondary N) is 3. The molecular formula is C36H58N4O9. The molecule has 49 heavy (non-hydrogen) atoms. The number of aliphatic carboxylic acids is 2. The topological polar surface area (TPSA) is 225 Å². The molecule has 13 nitrogen and oxygen atoms in total. The molecule has 13 heteroatoms. The van der Waals surface area contributed by atoms with E-state index < -0.39 is 47.7 Å². The van der Waals surface area contributed by atoms with Gasteiger partial charge in [0.1, 0.15) is 11.8 Å². The third-order valence-corrected chi connectivity index (χ3v) is 8.44. The number of benzene rings is 1. The van der Waals surface area contributed by atoms with Gasteiger partial charge in [-0.1, -0.05) is 89.2 Å². The smallest absolute Gasteiger partial charge is 0.326 e. The Balaban J connectivity index is 2.18. The van der Waals surface area contributed by atoms with Crippen molar-refractivity contribution in [2.45, 2.75) is 147 Å². The zero-order chi connectivity index (χ0) is 36.4. The van der Waals surface area contributed by atoms with E-state index in [1.807, 2.05) is 0 Å². The second-order valence-corrected chi connectivity index (χ2v) is 12.8. The van der Waals surface area contributed by atoms with Crippen LogP contribution in [-0.4, -0.2) is 75.4 Å². The monoisotopic (exact) mass is 690 g/mol. The first-order valence-corrected chi connectivity index (χ1v) is 17.8. The van der Waals surface area contributed by atoms with E-state index in [9.17, 15) is 39.0 Å². The second kappa shape index (κ2) is 25.9. The van der Waals surface area contributed by atoms with Gasteiger partial charge >= 0.3 is 11.9 Å². The number of unbranched alkanes of at least 4 members (excludes halogenated alkanes) is 13. The molecule has 0 aromatic heterocycles. The first-order valence-electron chi connectivity index (χ1n) is 17.8. The number of rotatable bonds is 30. The predicted molar refractivity (Wildman–Crippen MR) is 186 cm³/mol. The number of hydrogen-bond donors (Lipinski definition) is 7. The number of carbonyl (C=O) groups excluding carboxylic acids is 4. The molecule has 0 radical (unpaired) electrons. The Labute approximate surface area is 290 Å². The van der Waals surface area contributed by atoms with Gasteiger partial charge in [-0.2, -0.15) is 0 Å². The van der Waals surface area contributed by atoms with Crippen LogP contribution in [0, 0.1) is 0 Å². The van der Waals surface area contributed by atoms with E-state index in [-0.39, 0.29) is 50.3 Å². The van der Waals surface area contributed by atoms with Crippen LogP contribution >= 0.6 is 0 Å². The van der Waals surface area contributed by atoms with E-state index in [4.69, 9.17) is 10.8 Å². The maximum absolute atomic E-state index is 12.6. The average molecular weight is 691 g/mol. The van der Waals surface area contributed by atoms with Crippen LogP contribution in [0.15, 0.2) is 24.3 Å². The number of carboxylic acids is 2. The van der Waals surface area contributed by atoms with E-state index in [1.165, 1.54) is 57.6 Å². The quantitative estimate of drug-likeness (QED) is 0.0572. The lowest BCUT2D eigenvalue weighted by Crippen LogP contribution is -2.49. The fraction of sp³-hybridized carbons (Fsp3) is 0.667. The third kappa shape index (κ3) is 22.3. The van der Waals surface area contributed by atoms with Crippen LogP contribution in [0.4, 0.5) is 0 Å². The number of Topliss-reactive ketones (excluding diaryl/α,β-unsaturated/α-hetero) is 1. The minimum Gasteiger partial charge on any atom is -0.508 e. The summed E-state index contributed by atoms with van der Waals surface area (Å²) in [6.07, 6.45) is 15.2. The number of nitrogens with two attached hydrogens (primary N) is 1. The van der Waals surface area contributed by atoms with Crippen molar-refractivity contribution < 1.29 is 44.1 Å². The van der Waals surface area contributed by atoms with E-state index in [2.05, 4.69) is 16.0 Å². The lowest BCUT2D eigenvalue weighted by molar-refractivity contribution is -0.142. The number of ketones is 1.